The molecule has 1 aliphatic rings. The number of hydrogen-bond donors (Lipinski definition) is 2. The van der Waals surface area contributed by atoms with Gasteiger partial charge in [-0.15, -0.1) is 0 Å². The van der Waals surface area contributed by atoms with E-state index in [1.807, 2.05) is 0 Å². The summed E-state index contributed by atoms with van der Waals surface area (Å²) in [7, 11) is 0. The molecule has 0 spiro atoms. The Bertz CT molecular complexity index is 242. The first kappa shape index (κ1) is 16.9. The van der Waals surface area contributed by atoms with Crippen molar-refractivity contribution in [3.63, 3.8) is 0 Å². The summed E-state index contributed by atoms with van der Waals surface area (Å²) >= 11 is 0. The zero-order valence-corrected chi connectivity index (χ0v) is 12.9. The summed E-state index contributed by atoms with van der Waals surface area (Å²) in [4.78, 5) is 0. The molecular weight excluding hydrogens is 240 g/mol. The van der Waals surface area contributed by atoms with E-state index in [9.17, 15) is 5.11 Å². The van der Waals surface area contributed by atoms with Crippen LogP contribution in [0.2, 0.25) is 0 Å². The molecule has 1 rings (SSSR count). The van der Waals surface area contributed by atoms with Gasteiger partial charge in [0, 0.05) is 6.61 Å². The molecule has 1 aliphatic carbocycles. The molecule has 19 heavy (non-hydrogen) atoms. The summed E-state index contributed by atoms with van der Waals surface area (Å²) in [5.41, 5.74) is 0.440. The van der Waals surface area contributed by atoms with Gasteiger partial charge in [0.2, 0.25) is 0 Å². The van der Waals surface area contributed by atoms with Crippen molar-refractivity contribution in [2.45, 2.75) is 77.9 Å². The number of aliphatic hydroxyl groups excluding tert-OH is 2. The lowest BCUT2D eigenvalue weighted by atomic mass is 9.67. The molecule has 0 aromatic rings. The monoisotopic (exact) mass is 272 g/mol. The average molecular weight is 272 g/mol. The molecule has 114 valence electrons. The summed E-state index contributed by atoms with van der Waals surface area (Å²) in [5.74, 6) is 0.721. The number of ether oxygens (including phenoxy) is 1. The highest BCUT2D eigenvalue weighted by Gasteiger charge is 2.34. The highest BCUT2D eigenvalue weighted by Crippen LogP contribution is 2.42. The molecular formula is C16H32O3. The van der Waals surface area contributed by atoms with Crippen LogP contribution in [0.5, 0.6) is 0 Å². The van der Waals surface area contributed by atoms with Crippen LogP contribution < -0.4 is 0 Å². The fourth-order valence-electron chi connectivity index (χ4n) is 2.95. The zero-order valence-electron chi connectivity index (χ0n) is 12.9. The molecule has 0 aromatic heterocycles. The standard InChI is InChI=1S/C16H32O3/c1-13(2)16(3)9-6-8-15(11-16)19-10-5-4-7-14(18)12-17/h13-15,17-18H,4-12H2,1-3H3. The Hall–Kier alpha value is -0.120. The number of aliphatic hydroxyl groups is 2. The molecule has 0 bridgehead atoms. The minimum Gasteiger partial charge on any atom is -0.394 e. The molecule has 3 heteroatoms. The topological polar surface area (TPSA) is 49.7 Å². The summed E-state index contributed by atoms with van der Waals surface area (Å²) in [6.45, 7) is 7.69. The quantitative estimate of drug-likeness (QED) is 0.667. The molecule has 0 amide bonds. The Labute approximate surface area is 118 Å². The minimum absolute atomic E-state index is 0.129. The molecule has 0 radical (unpaired) electrons. The van der Waals surface area contributed by atoms with E-state index in [2.05, 4.69) is 20.8 Å². The molecule has 2 N–H and O–H groups in total. The summed E-state index contributed by atoms with van der Waals surface area (Å²) in [6.07, 6.45) is 7.43. The predicted octanol–water partition coefficient (Wildman–Crippen LogP) is 3.13. The van der Waals surface area contributed by atoms with Gasteiger partial charge in [-0.1, -0.05) is 27.2 Å². The largest absolute Gasteiger partial charge is 0.394 e. The Morgan fingerprint density at radius 1 is 1.32 bits per heavy atom. The van der Waals surface area contributed by atoms with Crippen molar-refractivity contribution in [1.82, 2.24) is 0 Å². The van der Waals surface area contributed by atoms with Gasteiger partial charge < -0.3 is 14.9 Å². The lowest BCUT2D eigenvalue weighted by Gasteiger charge is -2.41. The first-order valence-electron chi connectivity index (χ1n) is 7.88. The van der Waals surface area contributed by atoms with E-state index in [4.69, 9.17) is 9.84 Å². The van der Waals surface area contributed by atoms with Crippen LogP contribution in [0.15, 0.2) is 0 Å². The van der Waals surface area contributed by atoms with Crippen LogP contribution in [-0.2, 0) is 4.74 Å². The van der Waals surface area contributed by atoms with Crippen molar-refractivity contribution in [2.24, 2.45) is 11.3 Å². The van der Waals surface area contributed by atoms with Crippen LogP contribution in [0.4, 0.5) is 0 Å². The zero-order chi connectivity index (χ0) is 14.3. The first-order chi connectivity index (χ1) is 8.98. The Balaban J connectivity index is 2.16. The maximum atomic E-state index is 9.24. The van der Waals surface area contributed by atoms with Gasteiger partial charge >= 0.3 is 0 Å². The minimum atomic E-state index is -0.557. The third-order valence-corrected chi connectivity index (χ3v) is 4.86. The van der Waals surface area contributed by atoms with Crippen molar-refractivity contribution in [2.75, 3.05) is 13.2 Å². The average Bonchev–Trinajstić information content (AvgIpc) is 2.38. The van der Waals surface area contributed by atoms with Gasteiger partial charge in [0.25, 0.3) is 0 Å². The normalized spacial score (nSPS) is 29.7. The van der Waals surface area contributed by atoms with Crippen molar-refractivity contribution in [3.05, 3.63) is 0 Å². The molecule has 3 nitrogen and oxygen atoms in total. The fraction of sp³-hybridized carbons (Fsp3) is 1.00. The molecule has 1 fully saturated rings. The smallest absolute Gasteiger partial charge is 0.0771 e. The summed E-state index contributed by atoms with van der Waals surface area (Å²) in [5, 5.41) is 18.0. The van der Waals surface area contributed by atoms with E-state index < -0.39 is 6.10 Å². The van der Waals surface area contributed by atoms with Gasteiger partial charge in [-0.05, 0) is 49.9 Å². The number of unbranched alkanes of at least 4 members (excludes halogenated alkanes) is 1. The van der Waals surface area contributed by atoms with E-state index in [1.165, 1.54) is 25.7 Å². The fourth-order valence-corrected chi connectivity index (χ4v) is 2.95. The molecule has 3 unspecified atom stereocenters. The second-order valence-corrected chi connectivity index (χ2v) is 6.73. The molecule has 0 heterocycles. The third kappa shape index (κ3) is 5.80. The van der Waals surface area contributed by atoms with Crippen molar-refractivity contribution in [1.29, 1.82) is 0 Å². The van der Waals surface area contributed by atoms with Gasteiger partial charge in [-0.25, -0.2) is 0 Å². The van der Waals surface area contributed by atoms with Crippen LogP contribution in [0.25, 0.3) is 0 Å². The van der Waals surface area contributed by atoms with E-state index in [1.54, 1.807) is 0 Å². The highest BCUT2D eigenvalue weighted by atomic mass is 16.5. The van der Waals surface area contributed by atoms with Gasteiger partial charge in [0.15, 0.2) is 0 Å². The number of rotatable bonds is 8. The SMILES string of the molecule is CC(C)C1(C)CCCC(OCCCCC(O)CO)C1. The predicted molar refractivity (Wildman–Crippen MR) is 78.1 cm³/mol. The van der Waals surface area contributed by atoms with E-state index in [0.29, 0.717) is 17.9 Å². The van der Waals surface area contributed by atoms with E-state index >= 15 is 0 Å². The van der Waals surface area contributed by atoms with Crippen LogP contribution in [0, 0.1) is 11.3 Å². The van der Waals surface area contributed by atoms with Crippen LogP contribution in [0.3, 0.4) is 0 Å². The highest BCUT2D eigenvalue weighted by molar-refractivity contribution is 4.85. The molecule has 0 saturated heterocycles. The molecule has 0 aliphatic heterocycles. The molecule has 0 aromatic carbocycles. The lowest BCUT2D eigenvalue weighted by Crippen LogP contribution is -2.34. The second-order valence-electron chi connectivity index (χ2n) is 6.73. The van der Waals surface area contributed by atoms with Gasteiger partial charge in [-0.2, -0.15) is 0 Å². The Morgan fingerprint density at radius 3 is 2.68 bits per heavy atom. The summed E-state index contributed by atoms with van der Waals surface area (Å²) < 4.78 is 6.00. The molecule has 3 atom stereocenters. The van der Waals surface area contributed by atoms with Crippen molar-refractivity contribution < 1.29 is 14.9 Å². The van der Waals surface area contributed by atoms with Crippen LogP contribution in [0.1, 0.15) is 65.7 Å². The molecule has 1 saturated carbocycles. The van der Waals surface area contributed by atoms with Crippen molar-refractivity contribution in [3.8, 4) is 0 Å². The maximum absolute atomic E-state index is 9.24. The van der Waals surface area contributed by atoms with Gasteiger partial charge in [0.05, 0.1) is 18.8 Å². The Kier molecular flexibility index (Phi) is 7.33. The van der Waals surface area contributed by atoms with E-state index in [-0.39, 0.29) is 6.61 Å². The van der Waals surface area contributed by atoms with Crippen LogP contribution >= 0.6 is 0 Å². The Morgan fingerprint density at radius 2 is 2.05 bits per heavy atom. The first-order valence-corrected chi connectivity index (χ1v) is 7.88. The second kappa shape index (κ2) is 8.23. The third-order valence-electron chi connectivity index (χ3n) is 4.86. The van der Waals surface area contributed by atoms with Crippen LogP contribution in [-0.4, -0.2) is 35.6 Å². The maximum Gasteiger partial charge on any atom is 0.0771 e. The van der Waals surface area contributed by atoms with Gasteiger partial charge in [0.1, 0.15) is 0 Å². The van der Waals surface area contributed by atoms with Crippen molar-refractivity contribution >= 4 is 0 Å². The number of hydrogen-bond acceptors (Lipinski definition) is 3. The lowest BCUT2D eigenvalue weighted by molar-refractivity contribution is -0.0274. The van der Waals surface area contributed by atoms with E-state index in [0.717, 1.165) is 25.4 Å². The summed E-state index contributed by atoms with van der Waals surface area (Å²) in [6, 6.07) is 0. The van der Waals surface area contributed by atoms with Gasteiger partial charge in [-0.3, -0.25) is 0 Å².